The Hall–Kier alpha value is -2.72. The van der Waals surface area contributed by atoms with Gasteiger partial charge in [-0.05, 0) is 69.6 Å². The summed E-state index contributed by atoms with van der Waals surface area (Å²) >= 11 is 0. The van der Waals surface area contributed by atoms with E-state index in [1.165, 1.54) is 86.7 Å². The van der Waals surface area contributed by atoms with E-state index in [2.05, 4.69) is 86.5 Å². The molecule has 0 atom stereocenters. The summed E-state index contributed by atoms with van der Waals surface area (Å²) in [5.41, 5.74) is 17.7. The Morgan fingerprint density at radius 1 is 0.680 bits per heavy atom. The van der Waals surface area contributed by atoms with Gasteiger partial charge in [-0.15, -0.1) is 41.5 Å². The van der Waals surface area contributed by atoms with Crippen molar-refractivity contribution in [1.29, 1.82) is 0 Å². The molecule has 2 saturated carbocycles. The molecule has 50 heavy (non-hydrogen) atoms. The van der Waals surface area contributed by atoms with E-state index in [9.17, 15) is 8.42 Å². The summed E-state index contributed by atoms with van der Waals surface area (Å²) in [6.07, 6.45) is 15.3. The zero-order chi connectivity index (χ0) is 35.4. The molecule has 2 N–H and O–H groups in total. The summed E-state index contributed by atoms with van der Waals surface area (Å²) in [7, 11) is 4.47. The van der Waals surface area contributed by atoms with Crippen LogP contribution in [0.4, 0.5) is 17.1 Å². The van der Waals surface area contributed by atoms with Crippen molar-refractivity contribution >= 4 is 40.4 Å². The fourth-order valence-corrected chi connectivity index (χ4v) is 11.8. The molecule has 0 radical (unpaired) electrons. The molecular weight excluding hydrogens is 752 g/mol. The fourth-order valence-electron chi connectivity index (χ4n) is 7.38. The van der Waals surface area contributed by atoms with Crippen LogP contribution in [0.1, 0.15) is 64.2 Å². The van der Waals surface area contributed by atoms with E-state index in [4.69, 9.17) is 10.3 Å². The molecule has 0 heterocycles. The topological polar surface area (TPSA) is 84.7 Å². The van der Waals surface area contributed by atoms with Crippen LogP contribution in [0, 0.1) is 6.07 Å². The first-order valence-corrected chi connectivity index (χ1v) is 21.1. The van der Waals surface area contributed by atoms with Gasteiger partial charge in [-0.25, -0.2) is 0 Å². The molecule has 272 valence electrons. The molecule has 2 fully saturated rings. The zero-order valence-corrected chi connectivity index (χ0v) is 33.6. The maximum absolute atomic E-state index is 9.19. The SMILES string of the molecule is CN(C)c1cccc(N(C)C)c1-c1ccccc1[PH+](C1CCCCC1)C1CCCCC1.CS(=O)(=O)O.[NH-]c1ccccc1-c1[c-]cccc1.[Pd+2]. The van der Waals surface area contributed by atoms with Crippen molar-refractivity contribution in [2.24, 2.45) is 0 Å². The molecule has 0 aromatic heterocycles. The van der Waals surface area contributed by atoms with E-state index < -0.39 is 18.0 Å². The van der Waals surface area contributed by atoms with Crippen molar-refractivity contribution in [3.05, 3.63) is 103 Å². The summed E-state index contributed by atoms with van der Waals surface area (Å²) in [6.45, 7) is 0. The van der Waals surface area contributed by atoms with Gasteiger partial charge in [0.25, 0.3) is 10.1 Å². The van der Waals surface area contributed by atoms with Gasteiger partial charge in [0.15, 0.2) is 0 Å². The van der Waals surface area contributed by atoms with Crippen LogP contribution in [-0.2, 0) is 30.5 Å². The third-order valence-corrected chi connectivity index (χ3v) is 13.5. The number of anilines is 2. The number of nitrogens with one attached hydrogen (secondary N) is 1. The van der Waals surface area contributed by atoms with Crippen molar-refractivity contribution in [2.75, 3.05) is 44.2 Å². The van der Waals surface area contributed by atoms with Crippen LogP contribution < -0.4 is 15.1 Å². The van der Waals surface area contributed by atoms with Gasteiger partial charge in [0.2, 0.25) is 0 Å². The van der Waals surface area contributed by atoms with E-state index >= 15 is 0 Å². The molecule has 0 saturated heterocycles. The Morgan fingerprint density at radius 3 is 1.60 bits per heavy atom. The van der Waals surface area contributed by atoms with Crippen LogP contribution in [-0.4, -0.2) is 58.7 Å². The molecule has 0 amide bonds. The van der Waals surface area contributed by atoms with E-state index in [0.717, 1.165) is 22.4 Å². The van der Waals surface area contributed by atoms with Gasteiger partial charge in [-0.3, -0.25) is 4.55 Å². The minimum atomic E-state index is -3.67. The molecule has 0 spiro atoms. The summed E-state index contributed by atoms with van der Waals surface area (Å²) in [6, 6.07) is 34.7. The van der Waals surface area contributed by atoms with Crippen molar-refractivity contribution in [3.63, 3.8) is 0 Å². The first kappa shape index (κ1) is 41.7. The van der Waals surface area contributed by atoms with Gasteiger partial charge >= 0.3 is 20.4 Å². The number of hydrogen-bond acceptors (Lipinski definition) is 4. The number of hydrogen-bond donors (Lipinski definition) is 1. The van der Waals surface area contributed by atoms with Gasteiger partial charge < -0.3 is 15.5 Å². The molecule has 2 aliphatic rings. The number of nitrogens with zero attached hydrogens (tertiary/aromatic N) is 2. The molecule has 6 nitrogen and oxygen atoms in total. The zero-order valence-electron chi connectivity index (χ0n) is 30.3. The average Bonchev–Trinajstić information content (AvgIpc) is 3.09. The largest absolute Gasteiger partial charge is 2.00 e. The maximum Gasteiger partial charge on any atom is 2.00 e. The first-order valence-electron chi connectivity index (χ1n) is 17.6. The Balaban J connectivity index is 0.000000293. The number of benzene rings is 4. The molecule has 0 unspecified atom stereocenters. The Kier molecular flexibility index (Phi) is 17.0. The summed E-state index contributed by atoms with van der Waals surface area (Å²) in [5, 5.41) is 1.73. The molecule has 4 aromatic carbocycles. The van der Waals surface area contributed by atoms with Crippen LogP contribution in [0.3, 0.4) is 0 Å². The summed E-state index contributed by atoms with van der Waals surface area (Å²) in [5.74, 6) is 0. The average molecular weight is 807 g/mol. The van der Waals surface area contributed by atoms with Crippen LogP contribution in [0.15, 0.2) is 91.0 Å². The van der Waals surface area contributed by atoms with Crippen molar-refractivity contribution in [1.82, 2.24) is 0 Å². The predicted molar refractivity (Wildman–Crippen MR) is 214 cm³/mol. The van der Waals surface area contributed by atoms with Crippen LogP contribution >= 0.6 is 7.92 Å². The summed E-state index contributed by atoms with van der Waals surface area (Å²) in [4.78, 5) is 4.60. The second kappa shape index (κ2) is 20.4. The minimum absolute atomic E-state index is 0. The van der Waals surface area contributed by atoms with E-state index in [-0.39, 0.29) is 20.4 Å². The smallest absolute Gasteiger partial charge is 0.706 e. The van der Waals surface area contributed by atoms with Gasteiger partial charge in [-0.1, -0.05) is 61.4 Å². The molecule has 0 bridgehead atoms. The van der Waals surface area contributed by atoms with Gasteiger partial charge in [-0.2, -0.15) is 14.1 Å². The molecule has 2 aliphatic carbocycles. The second-order valence-corrected chi connectivity index (χ2v) is 18.2. The Morgan fingerprint density at radius 2 is 1.14 bits per heavy atom. The van der Waals surface area contributed by atoms with Crippen LogP contribution in [0.5, 0.6) is 0 Å². The third kappa shape index (κ3) is 12.2. The van der Waals surface area contributed by atoms with E-state index in [0.29, 0.717) is 11.9 Å². The van der Waals surface area contributed by atoms with E-state index in [1.54, 1.807) is 11.4 Å². The molecule has 4 aromatic rings. The molecule has 9 heteroatoms. The Bertz CT molecular complexity index is 1660. The van der Waals surface area contributed by atoms with Crippen LogP contribution in [0.25, 0.3) is 28.0 Å². The standard InChI is InChI=1S/C28H41N2P.C12H9N.CH4O3S.Pd/c1-29(2)25-19-13-20-26(30(3)4)28(25)24-18-11-12-21-27(24)31(22-14-7-5-8-15-22)23-16-9-6-10-17-23;13-12-9-5-4-8-11(12)10-6-2-1-3-7-10;1-5(2,3)4;/h11-13,18-23H,5-10,14-17H2,1-4H3;1-6,8-9,13H;1H3,(H,2,3,4);/q;-2;;+2/p+1. The normalized spacial score (nSPS) is 15.1. The second-order valence-electron chi connectivity index (χ2n) is 13.7. The molecule has 0 aliphatic heterocycles. The minimum Gasteiger partial charge on any atom is -0.706 e. The quantitative estimate of drug-likeness (QED) is 0.0870. The molecular formula is C41H55N3O3PPdS+. The van der Waals surface area contributed by atoms with E-state index in [1.807, 2.05) is 42.5 Å². The van der Waals surface area contributed by atoms with Crippen molar-refractivity contribution in [2.45, 2.75) is 75.5 Å². The maximum atomic E-state index is 9.19. The monoisotopic (exact) mass is 806 g/mol. The Labute approximate surface area is 317 Å². The van der Waals surface area contributed by atoms with Gasteiger partial charge in [0, 0.05) is 58.6 Å². The first-order chi connectivity index (χ1) is 23.5. The fraction of sp³-hybridized carbons (Fsp3) is 0.415. The number of rotatable bonds is 7. The molecule has 6 rings (SSSR count). The van der Waals surface area contributed by atoms with Gasteiger partial charge in [0.05, 0.1) is 22.9 Å². The van der Waals surface area contributed by atoms with Crippen molar-refractivity contribution < 1.29 is 33.4 Å². The third-order valence-electron chi connectivity index (χ3n) is 9.51. The van der Waals surface area contributed by atoms with Crippen LogP contribution in [0.2, 0.25) is 0 Å². The van der Waals surface area contributed by atoms with Gasteiger partial charge in [0.1, 0.15) is 0 Å². The predicted octanol–water partition coefficient (Wildman–Crippen LogP) is 10.3. The van der Waals surface area contributed by atoms with Crippen molar-refractivity contribution in [3.8, 4) is 22.3 Å². The summed E-state index contributed by atoms with van der Waals surface area (Å²) < 4.78 is 25.9.